The van der Waals surface area contributed by atoms with Crippen molar-refractivity contribution < 1.29 is 9.90 Å². The van der Waals surface area contributed by atoms with Crippen molar-refractivity contribution in [2.24, 2.45) is 0 Å². The van der Waals surface area contributed by atoms with E-state index in [0.29, 0.717) is 25.4 Å². The van der Waals surface area contributed by atoms with Gasteiger partial charge < -0.3 is 10.0 Å². The molecule has 2 aliphatic rings. The third kappa shape index (κ3) is 4.42. The topological polar surface area (TPSA) is 43.8 Å². The first-order chi connectivity index (χ1) is 13.6. The quantitative estimate of drug-likeness (QED) is 0.667. The lowest BCUT2D eigenvalue weighted by molar-refractivity contribution is -0.0154. The van der Waals surface area contributed by atoms with Gasteiger partial charge in [0, 0.05) is 22.2 Å². The summed E-state index contributed by atoms with van der Waals surface area (Å²) >= 11 is 2.24. The molecule has 2 aromatic rings. The molecule has 2 fully saturated rings. The smallest absolute Gasteiger partial charge is 0.253 e. The Morgan fingerprint density at radius 1 is 0.964 bits per heavy atom. The normalized spacial score (nSPS) is 24.3. The Balaban J connectivity index is 1.40. The van der Waals surface area contributed by atoms with Gasteiger partial charge in [0.15, 0.2) is 0 Å². The van der Waals surface area contributed by atoms with Crippen LogP contribution in [-0.2, 0) is 0 Å². The van der Waals surface area contributed by atoms with E-state index in [4.69, 9.17) is 0 Å². The van der Waals surface area contributed by atoms with E-state index in [2.05, 4.69) is 57.8 Å². The Kier molecular flexibility index (Phi) is 6.33. The van der Waals surface area contributed by atoms with Gasteiger partial charge in [0.2, 0.25) is 0 Å². The second-order valence-electron chi connectivity index (χ2n) is 7.91. The summed E-state index contributed by atoms with van der Waals surface area (Å²) < 4.78 is 1.07. The summed E-state index contributed by atoms with van der Waals surface area (Å²) in [5.41, 5.74) is 2.16. The molecule has 0 bridgehead atoms. The van der Waals surface area contributed by atoms with Crippen LogP contribution in [0.25, 0.3) is 0 Å². The molecule has 0 radical (unpaired) electrons. The number of nitrogens with zero attached hydrogens (tertiary/aromatic N) is 2. The molecule has 2 aromatic carbocycles. The molecule has 0 saturated carbocycles. The van der Waals surface area contributed by atoms with Crippen molar-refractivity contribution >= 4 is 28.5 Å². The van der Waals surface area contributed by atoms with E-state index in [9.17, 15) is 9.90 Å². The first-order valence-corrected chi connectivity index (χ1v) is 11.2. The highest BCUT2D eigenvalue weighted by Crippen LogP contribution is 2.30. The minimum atomic E-state index is -0.353. The molecule has 4 rings (SSSR count). The molecule has 0 unspecified atom stereocenters. The molecule has 2 saturated heterocycles. The third-order valence-corrected chi connectivity index (χ3v) is 6.85. The lowest BCUT2D eigenvalue weighted by Gasteiger charge is -2.44. The minimum absolute atomic E-state index is 0.0391. The largest absolute Gasteiger partial charge is 0.391 e. The van der Waals surface area contributed by atoms with Gasteiger partial charge in [-0.1, -0.05) is 36.4 Å². The summed E-state index contributed by atoms with van der Waals surface area (Å²) in [4.78, 5) is 17.3. The number of hydrogen-bond acceptors (Lipinski definition) is 3. The van der Waals surface area contributed by atoms with Gasteiger partial charge in [-0.2, -0.15) is 0 Å². The molecule has 2 aliphatic heterocycles. The molecule has 28 heavy (non-hydrogen) atoms. The van der Waals surface area contributed by atoms with E-state index in [0.717, 1.165) is 35.1 Å². The molecular formula is C23H27IN2O2. The Morgan fingerprint density at radius 2 is 1.71 bits per heavy atom. The summed E-state index contributed by atoms with van der Waals surface area (Å²) in [5.74, 6) is 0.678. The summed E-state index contributed by atoms with van der Waals surface area (Å²) in [7, 11) is 0. The first kappa shape index (κ1) is 19.9. The van der Waals surface area contributed by atoms with Crippen LogP contribution in [0.1, 0.15) is 41.1 Å². The fourth-order valence-electron chi connectivity index (χ4n) is 4.56. The number of benzene rings is 2. The molecule has 148 valence electrons. The second-order valence-corrected chi connectivity index (χ2v) is 9.15. The standard InChI is InChI=1S/C23H27IN2O2/c24-20-8-4-7-19(15-20)23(28)26-14-11-22(27)21(16-26)25-12-9-18(10-13-25)17-5-2-1-3-6-17/h1-8,15,18,21-22,27H,9-14,16H2/t21-,22-/m1/s1. The highest BCUT2D eigenvalue weighted by atomic mass is 127. The second kappa shape index (κ2) is 8.93. The average Bonchev–Trinajstić information content (AvgIpc) is 2.74. The summed E-state index contributed by atoms with van der Waals surface area (Å²) in [6.45, 7) is 3.20. The monoisotopic (exact) mass is 490 g/mol. The molecule has 2 atom stereocenters. The SMILES string of the molecule is O=C(c1cccc(I)c1)N1CC[C@@H](O)[C@H](N2CCC(c3ccccc3)CC2)C1. The zero-order valence-corrected chi connectivity index (χ0v) is 18.2. The summed E-state index contributed by atoms with van der Waals surface area (Å²) in [5, 5.41) is 10.6. The Labute approximate surface area is 180 Å². The van der Waals surface area contributed by atoms with E-state index in [-0.39, 0.29) is 18.1 Å². The van der Waals surface area contributed by atoms with Crippen LogP contribution in [0.2, 0.25) is 0 Å². The number of piperidine rings is 2. The number of rotatable bonds is 3. The van der Waals surface area contributed by atoms with Crippen LogP contribution in [0.15, 0.2) is 54.6 Å². The Hall–Kier alpha value is -1.44. The number of aliphatic hydroxyl groups is 1. The lowest BCUT2D eigenvalue weighted by Crippen LogP contribution is -2.57. The van der Waals surface area contributed by atoms with E-state index >= 15 is 0 Å². The molecule has 0 spiro atoms. The van der Waals surface area contributed by atoms with Gasteiger partial charge in [0.05, 0.1) is 12.1 Å². The van der Waals surface area contributed by atoms with E-state index in [1.807, 2.05) is 29.2 Å². The Morgan fingerprint density at radius 3 is 2.43 bits per heavy atom. The van der Waals surface area contributed by atoms with E-state index in [1.165, 1.54) is 5.56 Å². The average molecular weight is 490 g/mol. The van der Waals surface area contributed by atoms with Gasteiger partial charge in [0.1, 0.15) is 0 Å². The van der Waals surface area contributed by atoms with Crippen LogP contribution in [-0.4, -0.2) is 59.1 Å². The van der Waals surface area contributed by atoms with Crippen molar-refractivity contribution in [2.45, 2.75) is 37.3 Å². The van der Waals surface area contributed by atoms with Crippen molar-refractivity contribution in [3.05, 3.63) is 69.3 Å². The van der Waals surface area contributed by atoms with Crippen LogP contribution in [0, 0.1) is 3.57 Å². The molecule has 0 aliphatic carbocycles. The number of carbonyl (C=O) groups is 1. The fourth-order valence-corrected chi connectivity index (χ4v) is 5.10. The van der Waals surface area contributed by atoms with Crippen LogP contribution >= 0.6 is 22.6 Å². The molecule has 5 heteroatoms. The molecule has 4 nitrogen and oxygen atoms in total. The number of amides is 1. The zero-order valence-electron chi connectivity index (χ0n) is 16.0. The van der Waals surface area contributed by atoms with Crippen LogP contribution in [0.5, 0.6) is 0 Å². The zero-order chi connectivity index (χ0) is 19.5. The Bertz CT molecular complexity index is 805. The maximum atomic E-state index is 12.9. The van der Waals surface area contributed by atoms with Crippen molar-refractivity contribution in [1.29, 1.82) is 0 Å². The lowest BCUT2D eigenvalue weighted by atomic mass is 9.88. The highest BCUT2D eigenvalue weighted by molar-refractivity contribution is 14.1. The predicted molar refractivity (Wildman–Crippen MR) is 119 cm³/mol. The van der Waals surface area contributed by atoms with Crippen molar-refractivity contribution in [3.63, 3.8) is 0 Å². The molecule has 2 heterocycles. The van der Waals surface area contributed by atoms with Crippen molar-refractivity contribution in [2.75, 3.05) is 26.2 Å². The van der Waals surface area contributed by atoms with Crippen LogP contribution in [0.4, 0.5) is 0 Å². The number of halogens is 1. The summed E-state index contributed by atoms with van der Waals surface area (Å²) in [6, 6.07) is 18.5. The number of hydrogen-bond donors (Lipinski definition) is 1. The molecule has 1 N–H and O–H groups in total. The van der Waals surface area contributed by atoms with Crippen molar-refractivity contribution in [3.8, 4) is 0 Å². The van der Waals surface area contributed by atoms with Gasteiger partial charge in [-0.3, -0.25) is 9.69 Å². The fraction of sp³-hybridized carbons (Fsp3) is 0.435. The number of carbonyl (C=O) groups excluding carboxylic acids is 1. The predicted octanol–water partition coefficient (Wildman–Crippen LogP) is 3.75. The van der Waals surface area contributed by atoms with Gasteiger partial charge in [-0.15, -0.1) is 0 Å². The third-order valence-electron chi connectivity index (χ3n) is 6.17. The van der Waals surface area contributed by atoms with Crippen molar-refractivity contribution in [1.82, 2.24) is 9.80 Å². The molecule has 1 amide bonds. The van der Waals surface area contributed by atoms with Gasteiger partial charge in [-0.25, -0.2) is 0 Å². The maximum absolute atomic E-state index is 12.9. The first-order valence-electron chi connectivity index (χ1n) is 10.1. The van der Waals surface area contributed by atoms with Gasteiger partial charge in [-0.05, 0) is 84.6 Å². The van der Waals surface area contributed by atoms with E-state index in [1.54, 1.807) is 0 Å². The van der Waals surface area contributed by atoms with Gasteiger partial charge >= 0.3 is 0 Å². The van der Waals surface area contributed by atoms with E-state index < -0.39 is 0 Å². The minimum Gasteiger partial charge on any atom is -0.391 e. The van der Waals surface area contributed by atoms with Crippen LogP contribution in [0.3, 0.4) is 0 Å². The highest BCUT2D eigenvalue weighted by Gasteiger charge is 2.36. The van der Waals surface area contributed by atoms with Crippen LogP contribution < -0.4 is 0 Å². The summed E-state index contributed by atoms with van der Waals surface area (Å²) in [6.07, 6.45) is 2.52. The number of likely N-dealkylation sites (tertiary alicyclic amines) is 2. The molecule has 0 aromatic heterocycles. The number of aliphatic hydroxyl groups excluding tert-OH is 1. The maximum Gasteiger partial charge on any atom is 0.253 e. The molecular weight excluding hydrogens is 463 g/mol. The van der Waals surface area contributed by atoms with Gasteiger partial charge in [0.25, 0.3) is 5.91 Å².